The molecule has 32 heavy (non-hydrogen) atoms. The molecule has 0 radical (unpaired) electrons. The predicted octanol–water partition coefficient (Wildman–Crippen LogP) is 4.97. The van der Waals surface area contributed by atoms with E-state index >= 15 is 0 Å². The van der Waals surface area contributed by atoms with Crippen LogP contribution in [0.5, 0.6) is 0 Å². The number of hydrogen-bond acceptors (Lipinski definition) is 4. The normalized spacial score (nSPS) is 30.4. The van der Waals surface area contributed by atoms with E-state index in [2.05, 4.69) is 10.4 Å². The number of anilines is 1. The van der Waals surface area contributed by atoms with Crippen molar-refractivity contribution in [3.8, 4) is 0 Å². The Balaban J connectivity index is 1.36. The predicted molar refractivity (Wildman–Crippen MR) is 124 cm³/mol. The zero-order valence-corrected chi connectivity index (χ0v) is 19.3. The first-order valence-electron chi connectivity index (χ1n) is 11.3. The second-order valence-corrected chi connectivity index (χ2v) is 11.0. The summed E-state index contributed by atoms with van der Waals surface area (Å²) in [6, 6.07) is 7.66. The maximum absolute atomic E-state index is 13.3. The number of carbonyl (C=O) groups is 1. The second-order valence-electron chi connectivity index (χ2n) is 10.1. The van der Waals surface area contributed by atoms with Gasteiger partial charge in [0.1, 0.15) is 5.02 Å². The Morgan fingerprint density at radius 3 is 2.50 bits per heavy atom. The zero-order valence-electron chi connectivity index (χ0n) is 17.8. The molecule has 1 aromatic heterocycles. The molecule has 2 aromatic rings. The van der Waals surface area contributed by atoms with Crippen LogP contribution >= 0.6 is 23.2 Å². The van der Waals surface area contributed by atoms with Crippen LogP contribution in [0.3, 0.4) is 0 Å². The first-order valence-corrected chi connectivity index (χ1v) is 12.0. The molecule has 1 heterocycles. The van der Waals surface area contributed by atoms with Crippen molar-refractivity contribution in [2.75, 3.05) is 11.9 Å². The molecule has 0 spiro atoms. The molecule has 4 bridgehead atoms. The van der Waals surface area contributed by atoms with E-state index in [0.29, 0.717) is 35.5 Å². The van der Waals surface area contributed by atoms with Crippen molar-refractivity contribution in [1.29, 1.82) is 0 Å². The van der Waals surface area contributed by atoms with Gasteiger partial charge in [0.25, 0.3) is 5.56 Å². The topological polar surface area (TPSA) is 84.2 Å². The Bertz CT molecular complexity index is 1080. The standard InChI is InChI=1S/C24H27Cl2N3O3/c25-18-3-1-15(2-4-18)5-6-27-19-13-28-29(22(32)21(19)26)24-10-16-7-17(11-24)9-23(8-16,14-24)12-20(30)31/h1-4,13,16-17,27H,5-12,14H2,(H,30,31). The average Bonchev–Trinajstić information content (AvgIpc) is 2.70. The lowest BCUT2D eigenvalue weighted by Gasteiger charge is -2.61. The van der Waals surface area contributed by atoms with Crippen LogP contribution in [-0.4, -0.2) is 27.4 Å². The van der Waals surface area contributed by atoms with E-state index in [9.17, 15) is 14.7 Å². The third-order valence-electron chi connectivity index (χ3n) is 7.69. The number of nitrogens with zero attached hydrogens (tertiary/aromatic N) is 2. The van der Waals surface area contributed by atoms with E-state index in [1.165, 1.54) is 0 Å². The van der Waals surface area contributed by atoms with Gasteiger partial charge >= 0.3 is 5.97 Å². The molecule has 4 saturated carbocycles. The van der Waals surface area contributed by atoms with Crippen LogP contribution in [0.2, 0.25) is 10.0 Å². The van der Waals surface area contributed by atoms with Gasteiger partial charge in [-0.1, -0.05) is 35.3 Å². The quantitative estimate of drug-likeness (QED) is 0.589. The number of aliphatic carboxylic acids is 1. The number of benzene rings is 1. The number of nitrogens with one attached hydrogen (secondary N) is 1. The number of hydrogen-bond donors (Lipinski definition) is 2. The average molecular weight is 476 g/mol. The van der Waals surface area contributed by atoms with Crippen LogP contribution in [-0.2, 0) is 16.8 Å². The van der Waals surface area contributed by atoms with Crippen molar-refractivity contribution in [2.24, 2.45) is 17.3 Å². The molecule has 1 aromatic carbocycles. The van der Waals surface area contributed by atoms with Crippen molar-refractivity contribution >= 4 is 34.9 Å². The Kier molecular flexibility index (Phi) is 5.49. The van der Waals surface area contributed by atoms with Crippen LogP contribution in [0.4, 0.5) is 5.69 Å². The lowest BCUT2D eigenvalue weighted by molar-refractivity contribution is -0.151. The van der Waals surface area contributed by atoms with Gasteiger partial charge in [0.15, 0.2) is 0 Å². The summed E-state index contributed by atoms with van der Waals surface area (Å²) in [5.74, 6) is 0.168. The van der Waals surface area contributed by atoms with Crippen LogP contribution in [0, 0.1) is 17.3 Å². The van der Waals surface area contributed by atoms with E-state index in [1.807, 2.05) is 24.3 Å². The summed E-state index contributed by atoms with van der Waals surface area (Å²) in [6.07, 6.45) is 8.09. The molecule has 0 saturated heterocycles. The van der Waals surface area contributed by atoms with E-state index in [-0.39, 0.29) is 22.4 Å². The molecular weight excluding hydrogens is 449 g/mol. The lowest BCUT2D eigenvalue weighted by atomic mass is 9.46. The summed E-state index contributed by atoms with van der Waals surface area (Å²) in [4.78, 5) is 24.9. The van der Waals surface area contributed by atoms with E-state index < -0.39 is 11.5 Å². The first kappa shape index (κ1) is 21.8. The molecule has 6 rings (SSSR count). The monoisotopic (exact) mass is 475 g/mol. The van der Waals surface area contributed by atoms with Crippen LogP contribution < -0.4 is 10.9 Å². The summed E-state index contributed by atoms with van der Waals surface area (Å²) in [5.41, 5.74) is 0.750. The molecule has 2 N–H and O–H groups in total. The lowest BCUT2D eigenvalue weighted by Crippen LogP contribution is -2.59. The van der Waals surface area contributed by atoms with Crippen LogP contribution in [0.25, 0.3) is 0 Å². The van der Waals surface area contributed by atoms with E-state index in [1.54, 1.807) is 10.9 Å². The van der Waals surface area contributed by atoms with Gasteiger partial charge < -0.3 is 10.4 Å². The third-order valence-corrected chi connectivity index (χ3v) is 8.31. The summed E-state index contributed by atoms with van der Waals surface area (Å²) in [6.45, 7) is 0.615. The van der Waals surface area contributed by atoms with Gasteiger partial charge in [0.2, 0.25) is 0 Å². The van der Waals surface area contributed by atoms with Crippen molar-refractivity contribution in [1.82, 2.24) is 9.78 Å². The Morgan fingerprint density at radius 2 is 1.84 bits per heavy atom. The number of halogens is 2. The molecule has 0 aliphatic heterocycles. The second kappa shape index (κ2) is 8.07. The van der Waals surface area contributed by atoms with Gasteiger partial charge in [0.05, 0.1) is 23.8 Å². The minimum absolute atomic E-state index is 0.152. The molecule has 2 unspecified atom stereocenters. The van der Waals surface area contributed by atoms with Crippen molar-refractivity contribution in [2.45, 2.75) is 56.9 Å². The smallest absolute Gasteiger partial charge is 0.303 e. The fourth-order valence-electron chi connectivity index (χ4n) is 7.06. The first-order chi connectivity index (χ1) is 15.3. The number of rotatable bonds is 7. The summed E-state index contributed by atoms with van der Waals surface area (Å²) < 4.78 is 1.59. The fourth-order valence-corrected chi connectivity index (χ4v) is 7.39. The molecule has 4 aliphatic rings. The summed E-state index contributed by atoms with van der Waals surface area (Å²) >= 11 is 12.4. The van der Waals surface area contributed by atoms with Crippen molar-refractivity contribution in [3.05, 3.63) is 56.4 Å². The summed E-state index contributed by atoms with van der Waals surface area (Å²) in [7, 11) is 0. The molecule has 2 atom stereocenters. The van der Waals surface area contributed by atoms with Crippen LogP contribution in [0.15, 0.2) is 35.3 Å². The van der Waals surface area contributed by atoms with Crippen molar-refractivity contribution < 1.29 is 9.90 Å². The Morgan fingerprint density at radius 1 is 1.16 bits per heavy atom. The maximum atomic E-state index is 13.3. The molecule has 8 heteroatoms. The zero-order chi connectivity index (χ0) is 22.5. The highest BCUT2D eigenvalue weighted by molar-refractivity contribution is 6.33. The molecule has 4 fully saturated rings. The van der Waals surface area contributed by atoms with Gasteiger partial charge in [-0.3, -0.25) is 9.59 Å². The fraction of sp³-hybridized carbons (Fsp3) is 0.542. The molecular formula is C24H27Cl2N3O3. The molecule has 4 aliphatic carbocycles. The minimum atomic E-state index is -0.749. The van der Waals surface area contributed by atoms with Gasteiger partial charge in [-0.25, -0.2) is 4.68 Å². The minimum Gasteiger partial charge on any atom is -0.481 e. The van der Waals surface area contributed by atoms with Gasteiger partial charge in [-0.15, -0.1) is 0 Å². The number of aromatic nitrogens is 2. The number of carboxylic acids is 1. The van der Waals surface area contributed by atoms with Crippen molar-refractivity contribution in [3.63, 3.8) is 0 Å². The van der Waals surface area contributed by atoms with Crippen LogP contribution in [0.1, 0.15) is 50.5 Å². The third kappa shape index (κ3) is 3.92. The van der Waals surface area contributed by atoms with Gasteiger partial charge in [-0.2, -0.15) is 5.10 Å². The Hall–Kier alpha value is -2.05. The van der Waals surface area contributed by atoms with Gasteiger partial charge in [-0.05, 0) is 79.9 Å². The largest absolute Gasteiger partial charge is 0.481 e. The van der Waals surface area contributed by atoms with Gasteiger partial charge in [0, 0.05) is 11.6 Å². The highest BCUT2D eigenvalue weighted by Gasteiger charge is 2.59. The SMILES string of the molecule is O=C(O)CC12CC3CC(C1)CC(n1ncc(NCCc4ccc(Cl)cc4)c(Cl)c1=O)(C3)C2. The maximum Gasteiger partial charge on any atom is 0.303 e. The molecule has 6 nitrogen and oxygen atoms in total. The number of carboxylic acid groups (broad SMARTS) is 1. The highest BCUT2D eigenvalue weighted by atomic mass is 35.5. The molecule has 170 valence electrons. The summed E-state index contributed by atoms with van der Waals surface area (Å²) in [5, 5.41) is 18.2. The molecule has 0 amide bonds. The highest BCUT2D eigenvalue weighted by Crippen LogP contribution is 2.65. The van der Waals surface area contributed by atoms with E-state index in [0.717, 1.165) is 44.1 Å². The Labute approximate surface area is 196 Å². The van der Waals surface area contributed by atoms with E-state index in [4.69, 9.17) is 23.2 Å².